The molecule has 0 fully saturated rings. The van der Waals surface area contributed by atoms with Crippen LogP contribution in [0.5, 0.6) is 0 Å². The number of amides is 2. The molecule has 3 heterocycles. The van der Waals surface area contributed by atoms with Gasteiger partial charge in [-0.15, -0.1) is 11.3 Å². The molecule has 0 bridgehead atoms. The second-order valence-electron chi connectivity index (χ2n) is 6.43. The number of rotatable bonds is 7. The molecule has 2 amide bonds. The zero-order chi connectivity index (χ0) is 20.9. The summed E-state index contributed by atoms with van der Waals surface area (Å²) in [6.07, 6.45) is 2.42. The van der Waals surface area contributed by atoms with Gasteiger partial charge in [-0.2, -0.15) is 0 Å². The van der Waals surface area contributed by atoms with Crippen LogP contribution in [0.1, 0.15) is 28.7 Å². The van der Waals surface area contributed by atoms with E-state index in [2.05, 4.69) is 27.7 Å². The van der Waals surface area contributed by atoms with Gasteiger partial charge in [-0.3, -0.25) is 20.2 Å². The molecule has 0 spiro atoms. The number of aromatic nitrogens is 2. The van der Waals surface area contributed by atoms with Gasteiger partial charge in [-0.05, 0) is 24.1 Å². The molecule has 152 valence electrons. The Morgan fingerprint density at radius 2 is 1.97 bits per heavy atom. The van der Waals surface area contributed by atoms with Gasteiger partial charge in [0.05, 0.1) is 18.4 Å². The van der Waals surface area contributed by atoms with Gasteiger partial charge in [0.15, 0.2) is 10.9 Å². The molecule has 3 aromatic heterocycles. The highest BCUT2D eigenvalue weighted by molar-refractivity contribution is 7.14. The number of carbonyl (C=O) groups excluding carboxylic acids is 2. The summed E-state index contributed by atoms with van der Waals surface area (Å²) in [5.41, 5.74) is 3.32. The maximum Gasteiger partial charge on any atom is 0.293 e. The van der Waals surface area contributed by atoms with Crippen LogP contribution >= 0.6 is 11.3 Å². The number of aryl methyl sites for hydroxylation is 1. The minimum Gasteiger partial charge on any atom is -0.459 e. The minimum atomic E-state index is -0.397. The molecule has 0 unspecified atom stereocenters. The van der Waals surface area contributed by atoms with Crippen molar-refractivity contribution in [1.82, 2.24) is 10.1 Å². The predicted molar refractivity (Wildman–Crippen MR) is 112 cm³/mol. The van der Waals surface area contributed by atoms with E-state index in [-0.39, 0.29) is 24.0 Å². The third-order valence-electron chi connectivity index (χ3n) is 4.29. The van der Waals surface area contributed by atoms with Crippen molar-refractivity contribution in [3.63, 3.8) is 0 Å². The van der Waals surface area contributed by atoms with Gasteiger partial charge in [-0.1, -0.05) is 36.3 Å². The Labute approximate surface area is 175 Å². The van der Waals surface area contributed by atoms with Crippen molar-refractivity contribution in [1.29, 1.82) is 0 Å². The van der Waals surface area contributed by atoms with Crippen molar-refractivity contribution >= 4 is 34.2 Å². The number of nitrogens with zero attached hydrogens (tertiary/aromatic N) is 2. The Morgan fingerprint density at radius 3 is 2.70 bits per heavy atom. The number of hydrogen-bond acceptors (Lipinski definition) is 7. The fourth-order valence-electron chi connectivity index (χ4n) is 2.74. The Morgan fingerprint density at radius 1 is 1.13 bits per heavy atom. The first-order chi connectivity index (χ1) is 14.6. The zero-order valence-corrected chi connectivity index (χ0v) is 16.9. The SMILES string of the molecule is CCc1ccc(-c2cc(NC(=O)Cc3csc(NC(=O)c4ccco4)n3)on2)cc1. The van der Waals surface area contributed by atoms with E-state index < -0.39 is 5.91 Å². The first-order valence-electron chi connectivity index (χ1n) is 9.26. The molecular formula is C21H18N4O4S. The molecule has 0 radical (unpaired) electrons. The van der Waals surface area contributed by atoms with Crippen molar-refractivity contribution in [3.05, 3.63) is 71.1 Å². The van der Waals surface area contributed by atoms with Crippen LogP contribution in [0.25, 0.3) is 11.3 Å². The lowest BCUT2D eigenvalue weighted by Crippen LogP contribution is -2.14. The second-order valence-corrected chi connectivity index (χ2v) is 7.29. The summed E-state index contributed by atoms with van der Waals surface area (Å²) >= 11 is 1.23. The highest BCUT2D eigenvalue weighted by Crippen LogP contribution is 2.23. The predicted octanol–water partition coefficient (Wildman–Crippen LogP) is 4.39. The summed E-state index contributed by atoms with van der Waals surface area (Å²) in [5, 5.41) is 11.4. The Bertz CT molecular complexity index is 1150. The van der Waals surface area contributed by atoms with Crippen LogP contribution < -0.4 is 10.6 Å². The second kappa shape index (κ2) is 8.75. The van der Waals surface area contributed by atoms with Crippen LogP contribution in [0.15, 0.2) is 63.0 Å². The molecule has 9 heteroatoms. The van der Waals surface area contributed by atoms with Crippen molar-refractivity contribution in [2.45, 2.75) is 19.8 Å². The van der Waals surface area contributed by atoms with E-state index in [0.29, 0.717) is 16.5 Å². The lowest BCUT2D eigenvalue weighted by Gasteiger charge is -1.99. The topological polar surface area (TPSA) is 110 Å². The smallest absolute Gasteiger partial charge is 0.293 e. The lowest BCUT2D eigenvalue weighted by atomic mass is 10.1. The third kappa shape index (κ3) is 4.64. The van der Waals surface area contributed by atoms with E-state index in [9.17, 15) is 9.59 Å². The molecule has 0 aliphatic carbocycles. The normalized spacial score (nSPS) is 10.7. The first-order valence-corrected chi connectivity index (χ1v) is 10.1. The zero-order valence-electron chi connectivity index (χ0n) is 16.0. The molecule has 0 aliphatic heterocycles. The molecule has 1 aromatic carbocycles. The molecule has 0 saturated heterocycles. The maximum atomic E-state index is 12.3. The number of thiazole rings is 1. The molecule has 2 N–H and O–H groups in total. The Kier molecular flexibility index (Phi) is 5.71. The van der Waals surface area contributed by atoms with E-state index in [1.165, 1.54) is 23.2 Å². The van der Waals surface area contributed by atoms with Gasteiger partial charge < -0.3 is 8.94 Å². The molecule has 0 aliphatic rings. The molecule has 4 rings (SSSR count). The fraction of sp³-hybridized carbons (Fsp3) is 0.143. The fourth-order valence-corrected chi connectivity index (χ4v) is 3.44. The van der Waals surface area contributed by atoms with Gasteiger partial charge in [0.1, 0.15) is 5.69 Å². The highest BCUT2D eigenvalue weighted by atomic mass is 32.1. The number of benzene rings is 1. The molecule has 8 nitrogen and oxygen atoms in total. The summed E-state index contributed by atoms with van der Waals surface area (Å²) in [5.74, 6) is -0.245. The lowest BCUT2D eigenvalue weighted by molar-refractivity contribution is -0.115. The number of anilines is 2. The summed E-state index contributed by atoms with van der Waals surface area (Å²) in [7, 11) is 0. The first kappa shape index (κ1) is 19.6. The van der Waals surface area contributed by atoms with E-state index in [1.54, 1.807) is 23.6 Å². The average Bonchev–Trinajstić information content (AvgIpc) is 3.50. The van der Waals surface area contributed by atoms with Crippen LogP contribution in [0.3, 0.4) is 0 Å². The van der Waals surface area contributed by atoms with Crippen LogP contribution in [-0.2, 0) is 17.6 Å². The van der Waals surface area contributed by atoms with Crippen molar-refractivity contribution in [2.24, 2.45) is 0 Å². The third-order valence-corrected chi connectivity index (χ3v) is 5.10. The Hall–Kier alpha value is -3.72. The summed E-state index contributed by atoms with van der Waals surface area (Å²) in [6.45, 7) is 2.09. The van der Waals surface area contributed by atoms with E-state index in [4.69, 9.17) is 8.94 Å². The number of nitrogens with one attached hydrogen (secondary N) is 2. The van der Waals surface area contributed by atoms with Crippen LogP contribution in [0.4, 0.5) is 11.0 Å². The molecule has 4 aromatic rings. The number of furan rings is 1. The van der Waals surface area contributed by atoms with Gasteiger partial charge >= 0.3 is 0 Å². The average molecular weight is 422 g/mol. The summed E-state index contributed by atoms with van der Waals surface area (Å²) in [4.78, 5) is 28.5. The van der Waals surface area contributed by atoms with E-state index in [1.807, 2.05) is 24.3 Å². The van der Waals surface area contributed by atoms with Crippen molar-refractivity contribution in [3.8, 4) is 11.3 Å². The van der Waals surface area contributed by atoms with Crippen LogP contribution in [-0.4, -0.2) is 22.0 Å². The monoisotopic (exact) mass is 422 g/mol. The maximum absolute atomic E-state index is 12.3. The number of hydrogen-bond donors (Lipinski definition) is 2. The molecular weight excluding hydrogens is 404 g/mol. The van der Waals surface area contributed by atoms with Gasteiger partial charge in [-0.25, -0.2) is 4.98 Å². The van der Waals surface area contributed by atoms with E-state index >= 15 is 0 Å². The minimum absolute atomic E-state index is 0.0361. The standard InChI is InChI=1S/C21H18N4O4S/c1-2-13-5-7-14(8-6-13)16-11-19(29-25-16)23-18(26)10-15-12-30-21(22-15)24-20(27)17-4-3-9-28-17/h3-9,11-12H,2,10H2,1H3,(H,23,26)(H,22,24,27). The van der Waals surface area contributed by atoms with Crippen molar-refractivity contribution in [2.75, 3.05) is 10.6 Å². The quantitative estimate of drug-likeness (QED) is 0.457. The Balaban J connectivity index is 1.33. The van der Waals surface area contributed by atoms with Crippen LogP contribution in [0.2, 0.25) is 0 Å². The van der Waals surface area contributed by atoms with Crippen molar-refractivity contribution < 1.29 is 18.5 Å². The summed E-state index contributed by atoms with van der Waals surface area (Å²) in [6, 6.07) is 12.9. The van der Waals surface area contributed by atoms with Gasteiger partial charge in [0.2, 0.25) is 11.8 Å². The largest absolute Gasteiger partial charge is 0.459 e. The summed E-state index contributed by atoms with van der Waals surface area (Å²) < 4.78 is 10.3. The molecule has 30 heavy (non-hydrogen) atoms. The molecule has 0 saturated carbocycles. The van der Waals surface area contributed by atoms with E-state index in [0.717, 1.165) is 12.0 Å². The van der Waals surface area contributed by atoms with Gasteiger partial charge in [0, 0.05) is 17.0 Å². The molecule has 0 atom stereocenters. The number of carbonyl (C=O) groups is 2. The highest BCUT2D eigenvalue weighted by Gasteiger charge is 2.14. The van der Waals surface area contributed by atoms with Gasteiger partial charge in [0.25, 0.3) is 5.91 Å². The van der Waals surface area contributed by atoms with Crippen LogP contribution in [0, 0.1) is 0 Å².